The van der Waals surface area contributed by atoms with Gasteiger partial charge in [-0.05, 0) is 19.9 Å². The van der Waals surface area contributed by atoms with Crippen LogP contribution < -0.4 is 5.32 Å². The molecule has 9 nitrogen and oxygen atoms in total. The first kappa shape index (κ1) is 19.3. The number of anilines is 1. The number of nitrogens with zero attached hydrogens (tertiary/aromatic N) is 5. The third kappa shape index (κ3) is 3.52. The van der Waals surface area contributed by atoms with Gasteiger partial charge in [-0.15, -0.1) is 0 Å². The minimum absolute atomic E-state index is 0.0518. The fourth-order valence-electron chi connectivity index (χ4n) is 2.52. The number of fused-ring (bicyclic) bond motifs is 1. The SMILES string of the molecule is CCn1cc(NC(=O)c2cc3nc(C)cc(C(F)(F)F)n3n2)c(C(=O)OC)n1. The first-order valence-electron chi connectivity index (χ1n) is 8.05. The highest BCUT2D eigenvalue weighted by Crippen LogP contribution is 2.30. The summed E-state index contributed by atoms with van der Waals surface area (Å²) in [6.45, 7) is 3.60. The van der Waals surface area contributed by atoms with E-state index in [0.717, 1.165) is 19.2 Å². The summed E-state index contributed by atoms with van der Waals surface area (Å²) in [7, 11) is 1.16. The number of hydrogen-bond acceptors (Lipinski definition) is 6. The Labute approximate surface area is 156 Å². The summed E-state index contributed by atoms with van der Waals surface area (Å²) >= 11 is 0. The predicted octanol–water partition coefficient (Wildman–Crippen LogP) is 2.31. The molecule has 3 aromatic heterocycles. The van der Waals surface area contributed by atoms with Crippen molar-refractivity contribution in [1.29, 1.82) is 0 Å². The van der Waals surface area contributed by atoms with E-state index in [9.17, 15) is 22.8 Å². The van der Waals surface area contributed by atoms with E-state index in [0.29, 0.717) is 11.1 Å². The number of aromatic nitrogens is 5. The second-order valence-electron chi connectivity index (χ2n) is 5.77. The fourth-order valence-corrected chi connectivity index (χ4v) is 2.52. The summed E-state index contributed by atoms with van der Waals surface area (Å²) in [6, 6.07) is 1.96. The lowest BCUT2D eigenvalue weighted by molar-refractivity contribution is -0.142. The van der Waals surface area contributed by atoms with Gasteiger partial charge in [-0.25, -0.2) is 14.3 Å². The van der Waals surface area contributed by atoms with Gasteiger partial charge in [-0.3, -0.25) is 9.48 Å². The van der Waals surface area contributed by atoms with Gasteiger partial charge in [-0.2, -0.15) is 23.4 Å². The highest BCUT2D eigenvalue weighted by atomic mass is 19.4. The van der Waals surface area contributed by atoms with Gasteiger partial charge in [0.2, 0.25) is 0 Å². The monoisotopic (exact) mass is 396 g/mol. The van der Waals surface area contributed by atoms with Crippen LogP contribution in [0.2, 0.25) is 0 Å². The Kier molecular flexibility index (Phi) is 4.79. The van der Waals surface area contributed by atoms with Crippen LogP contribution in [0.25, 0.3) is 5.65 Å². The largest absolute Gasteiger partial charge is 0.464 e. The maximum absolute atomic E-state index is 13.2. The summed E-state index contributed by atoms with van der Waals surface area (Å²) in [5.41, 5.74) is -1.44. The molecular weight excluding hydrogens is 381 g/mol. The highest BCUT2D eigenvalue weighted by molar-refractivity contribution is 6.06. The summed E-state index contributed by atoms with van der Waals surface area (Å²) in [6.07, 6.45) is -3.27. The first-order chi connectivity index (χ1) is 13.1. The van der Waals surface area contributed by atoms with E-state index >= 15 is 0 Å². The number of nitrogens with one attached hydrogen (secondary N) is 1. The number of carbonyl (C=O) groups excluding carboxylic acids is 2. The number of halogens is 3. The number of carbonyl (C=O) groups is 2. The van der Waals surface area contributed by atoms with Crippen molar-refractivity contribution in [3.05, 3.63) is 41.1 Å². The molecule has 0 aliphatic carbocycles. The summed E-state index contributed by atoms with van der Waals surface area (Å²) in [4.78, 5) is 28.3. The van der Waals surface area contributed by atoms with Crippen molar-refractivity contribution in [3.8, 4) is 0 Å². The Balaban J connectivity index is 1.99. The maximum atomic E-state index is 13.2. The molecule has 3 heterocycles. The molecule has 0 radical (unpaired) electrons. The van der Waals surface area contributed by atoms with E-state index < -0.39 is 23.7 Å². The van der Waals surface area contributed by atoms with E-state index in [4.69, 9.17) is 0 Å². The summed E-state index contributed by atoms with van der Waals surface area (Å²) in [5, 5.41) is 10.1. The molecule has 0 aliphatic rings. The Bertz CT molecular complexity index is 1070. The van der Waals surface area contributed by atoms with Gasteiger partial charge < -0.3 is 10.1 Å². The van der Waals surface area contributed by atoms with Crippen molar-refractivity contribution in [3.63, 3.8) is 0 Å². The predicted molar refractivity (Wildman–Crippen MR) is 89.9 cm³/mol. The van der Waals surface area contributed by atoms with Crippen LogP contribution in [-0.4, -0.2) is 43.4 Å². The topological polar surface area (TPSA) is 103 Å². The Morgan fingerprint density at radius 2 is 1.96 bits per heavy atom. The van der Waals surface area contributed by atoms with Crippen LogP contribution in [0.3, 0.4) is 0 Å². The molecule has 0 saturated carbocycles. The van der Waals surface area contributed by atoms with Crippen LogP contribution in [0.15, 0.2) is 18.3 Å². The van der Waals surface area contributed by atoms with Crippen LogP contribution in [0.4, 0.5) is 18.9 Å². The number of aryl methyl sites for hydroxylation is 2. The minimum atomic E-state index is -4.67. The Hall–Kier alpha value is -3.44. The zero-order valence-corrected chi connectivity index (χ0v) is 15.0. The van der Waals surface area contributed by atoms with Crippen LogP contribution in [0.5, 0.6) is 0 Å². The third-order valence-corrected chi connectivity index (χ3v) is 3.79. The number of ether oxygens (including phenoxy) is 1. The van der Waals surface area contributed by atoms with Gasteiger partial charge >= 0.3 is 12.1 Å². The number of alkyl halides is 3. The smallest absolute Gasteiger partial charge is 0.433 e. The van der Waals surface area contributed by atoms with Gasteiger partial charge in [0, 0.05) is 24.5 Å². The van der Waals surface area contributed by atoms with Crippen molar-refractivity contribution >= 4 is 23.2 Å². The average molecular weight is 396 g/mol. The molecule has 0 fully saturated rings. The molecule has 3 rings (SSSR count). The Morgan fingerprint density at radius 3 is 2.57 bits per heavy atom. The molecule has 0 aliphatic heterocycles. The maximum Gasteiger partial charge on any atom is 0.433 e. The minimum Gasteiger partial charge on any atom is -0.464 e. The molecule has 1 amide bonds. The molecule has 148 valence electrons. The molecule has 0 bridgehead atoms. The standard InChI is InChI=1S/C16H15F3N6O3/c1-4-24-7-10(13(23-24)15(27)28-3)21-14(26)9-6-12-20-8(2)5-11(16(17,18)19)25(12)22-9/h5-7H,4H2,1-3H3,(H,21,26). The molecule has 0 aromatic carbocycles. The van der Waals surface area contributed by atoms with Gasteiger partial charge in [0.25, 0.3) is 5.91 Å². The van der Waals surface area contributed by atoms with Gasteiger partial charge in [0.05, 0.1) is 12.8 Å². The number of hydrogen-bond donors (Lipinski definition) is 1. The third-order valence-electron chi connectivity index (χ3n) is 3.79. The number of amides is 1. The van der Waals surface area contributed by atoms with Crippen molar-refractivity contribution < 1.29 is 27.5 Å². The second kappa shape index (κ2) is 6.94. The molecule has 28 heavy (non-hydrogen) atoms. The van der Waals surface area contributed by atoms with Crippen LogP contribution >= 0.6 is 0 Å². The second-order valence-corrected chi connectivity index (χ2v) is 5.77. The fraction of sp³-hybridized carbons (Fsp3) is 0.312. The van der Waals surface area contributed by atoms with Crippen molar-refractivity contribution in [1.82, 2.24) is 24.4 Å². The zero-order chi connectivity index (χ0) is 20.6. The van der Waals surface area contributed by atoms with Crippen molar-refractivity contribution in [2.45, 2.75) is 26.6 Å². The molecule has 3 aromatic rings. The van der Waals surface area contributed by atoms with E-state index in [2.05, 4.69) is 25.2 Å². The zero-order valence-electron chi connectivity index (χ0n) is 15.0. The van der Waals surface area contributed by atoms with E-state index in [1.807, 2.05) is 0 Å². The lowest BCUT2D eigenvalue weighted by Crippen LogP contribution is -2.17. The number of rotatable bonds is 4. The number of methoxy groups -OCH3 is 1. The van der Waals surface area contributed by atoms with Gasteiger partial charge in [0.1, 0.15) is 5.69 Å². The summed E-state index contributed by atoms with van der Waals surface area (Å²) in [5.74, 6) is -1.59. The molecule has 0 spiro atoms. The lowest BCUT2D eigenvalue weighted by atomic mass is 10.3. The first-order valence-corrected chi connectivity index (χ1v) is 8.05. The quantitative estimate of drug-likeness (QED) is 0.679. The molecular formula is C16H15F3N6O3. The van der Waals surface area contributed by atoms with E-state index in [-0.39, 0.29) is 28.4 Å². The number of esters is 1. The normalized spacial score (nSPS) is 11.6. The van der Waals surface area contributed by atoms with Crippen LogP contribution in [-0.2, 0) is 17.5 Å². The van der Waals surface area contributed by atoms with Crippen molar-refractivity contribution in [2.24, 2.45) is 0 Å². The molecule has 12 heteroatoms. The molecule has 1 N–H and O–H groups in total. The molecule has 0 atom stereocenters. The van der Waals surface area contributed by atoms with Crippen molar-refractivity contribution in [2.75, 3.05) is 12.4 Å². The van der Waals surface area contributed by atoms with Gasteiger partial charge in [-0.1, -0.05) is 0 Å². The Morgan fingerprint density at radius 1 is 1.25 bits per heavy atom. The van der Waals surface area contributed by atoms with Crippen LogP contribution in [0, 0.1) is 6.92 Å². The van der Waals surface area contributed by atoms with Gasteiger partial charge in [0.15, 0.2) is 17.0 Å². The summed E-state index contributed by atoms with van der Waals surface area (Å²) < 4.78 is 46.2. The highest BCUT2D eigenvalue weighted by Gasteiger charge is 2.35. The average Bonchev–Trinajstić information content (AvgIpc) is 3.23. The molecule has 0 saturated heterocycles. The van der Waals surface area contributed by atoms with E-state index in [1.165, 1.54) is 17.8 Å². The van der Waals surface area contributed by atoms with Crippen LogP contribution in [0.1, 0.15) is 39.3 Å². The van der Waals surface area contributed by atoms with E-state index in [1.54, 1.807) is 6.92 Å². The lowest BCUT2D eigenvalue weighted by Gasteiger charge is -2.09. The molecule has 0 unspecified atom stereocenters.